The Morgan fingerprint density at radius 2 is 1.71 bits per heavy atom. The van der Waals surface area contributed by atoms with Crippen molar-refractivity contribution in [3.05, 3.63) is 0 Å². The van der Waals surface area contributed by atoms with E-state index in [0.717, 1.165) is 32.1 Å². The third-order valence-electron chi connectivity index (χ3n) is 10.9. The van der Waals surface area contributed by atoms with E-state index in [2.05, 4.69) is 26.1 Å². The van der Waals surface area contributed by atoms with Gasteiger partial charge in [0, 0.05) is 13.0 Å². The van der Waals surface area contributed by atoms with Crippen molar-refractivity contribution >= 4 is 16.0 Å². The molecule has 0 radical (unpaired) electrons. The molecular formula is C26H45NO7S. The maximum absolute atomic E-state index is 12.2. The molecular weight excluding hydrogens is 470 g/mol. The largest absolute Gasteiger partial charge is 0.393 e. The predicted molar refractivity (Wildman–Crippen MR) is 132 cm³/mol. The molecule has 4 aliphatic rings. The van der Waals surface area contributed by atoms with Crippen molar-refractivity contribution in [3.8, 4) is 0 Å². The van der Waals surface area contributed by atoms with Crippen LogP contribution in [0.1, 0.15) is 78.6 Å². The van der Waals surface area contributed by atoms with Crippen molar-refractivity contribution < 1.29 is 33.1 Å². The summed E-state index contributed by atoms with van der Waals surface area (Å²) in [7, 11) is -4.10. The van der Waals surface area contributed by atoms with Crippen LogP contribution in [0.5, 0.6) is 0 Å². The first-order valence-electron chi connectivity index (χ1n) is 13.5. The van der Waals surface area contributed by atoms with Gasteiger partial charge >= 0.3 is 0 Å². The lowest BCUT2D eigenvalue weighted by Crippen LogP contribution is -2.60. The molecule has 11 atom stereocenters. The molecule has 8 nitrogen and oxygen atoms in total. The quantitative estimate of drug-likeness (QED) is 0.327. The molecule has 0 aromatic heterocycles. The fraction of sp³-hybridized carbons (Fsp3) is 0.962. The first kappa shape index (κ1) is 27.3. The van der Waals surface area contributed by atoms with Gasteiger partial charge < -0.3 is 20.6 Å². The SMILES string of the molecule is CC(CCC(=O)NCCS(=O)(=O)O)C1CC(O)C2C3C(O)CC4CC(O)CCC4(C)C3CCC12C. The molecule has 0 heterocycles. The second-order valence-electron chi connectivity index (χ2n) is 12.7. The second kappa shape index (κ2) is 9.86. The lowest BCUT2D eigenvalue weighted by atomic mass is 9.43. The Morgan fingerprint density at radius 3 is 2.40 bits per heavy atom. The molecule has 4 fully saturated rings. The molecule has 9 heteroatoms. The molecule has 5 N–H and O–H groups in total. The Hall–Kier alpha value is -0.740. The van der Waals surface area contributed by atoms with Crippen molar-refractivity contribution in [3.63, 3.8) is 0 Å². The zero-order valence-electron chi connectivity index (χ0n) is 21.4. The van der Waals surface area contributed by atoms with Crippen LogP contribution in [0.4, 0.5) is 0 Å². The summed E-state index contributed by atoms with van der Waals surface area (Å²) in [5.41, 5.74) is 0.00776. The fourth-order valence-corrected chi connectivity index (χ4v) is 9.51. The van der Waals surface area contributed by atoms with Gasteiger partial charge in [0.1, 0.15) is 0 Å². The van der Waals surface area contributed by atoms with Gasteiger partial charge in [0.15, 0.2) is 0 Å². The molecule has 0 saturated heterocycles. The highest BCUT2D eigenvalue weighted by Gasteiger charge is 2.65. The van der Waals surface area contributed by atoms with Crippen LogP contribution < -0.4 is 5.32 Å². The molecule has 4 saturated carbocycles. The molecule has 11 unspecified atom stereocenters. The summed E-state index contributed by atoms with van der Waals surface area (Å²) in [5, 5.41) is 35.5. The van der Waals surface area contributed by atoms with Crippen molar-refractivity contribution in [1.82, 2.24) is 5.32 Å². The van der Waals surface area contributed by atoms with Gasteiger partial charge in [0.25, 0.3) is 10.1 Å². The molecule has 0 aromatic rings. The van der Waals surface area contributed by atoms with E-state index in [1.807, 2.05) is 0 Å². The monoisotopic (exact) mass is 515 g/mol. The normalized spacial score (nSPS) is 46.3. The average molecular weight is 516 g/mol. The van der Waals surface area contributed by atoms with Crippen LogP contribution in [-0.2, 0) is 14.9 Å². The molecule has 0 aliphatic heterocycles. The van der Waals surface area contributed by atoms with Gasteiger partial charge in [0.05, 0.1) is 24.1 Å². The van der Waals surface area contributed by atoms with E-state index < -0.39 is 28.1 Å². The Labute approximate surface area is 210 Å². The van der Waals surface area contributed by atoms with E-state index in [-0.39, 0.29) is 59.5 Å². The zero-order chi connectivity index (χ0) is 25.8. The molecule has 202 valence electrons. The Bertz CT molecular complexity index is 896. The van der Waals surface area contributed by atoms with Crippen LogP contribution in [0.15, 0.2) is 0 Å². The van der Waals surface area contributed by atoms with Crippen LogP contribution in [0.25, 0.3) is 0 Å². The lowest BCUT2D eigenvalue weighted by molar-refractivity contribution is -0.185. The minimum absolute atomic E-state index is 0.0388. The molecule has 0 aromatic carbocycles. The topological polar surface area (TPSA) is 144 Å². The maximum atomic E-state index is 12.2. The first-order chi connectivity index (χ1) is 16.3. The van der Waals surface area contributed by atoms with E-state index in [1.54, 1.807) is 0 Å². The minimum atomic E-state index is -4.10. The zero-order valence-corrected chi connectivity index (χ0v) is 22.2. The van der Waals surface area contributed by atoms with E-state index in [1.165, 1.54) is 0 Å². The third kappa shape index (κ3) is 5.17. The Balaban J connectivity index is 1.43. The highest BCUT2D eigenvalue weighted by molar-refractivity contribution is 7.85. The van der Waals surface area contributed by atoms with Crippen LogP contribution in [0.2, 0.25) is 0 Å². The van der Waals surface area contributed by atoms with Crippen molar-refractivity contribution in [1.29, 1.82) is 0 Å². The summed E-state index contributed by atoms with van der Waals surface area (Å²) in [4.78, 5) is 12.2. The van der Waals surface area contributed by atoms with Gasteiger partial charge in [-0.25, -0.2) is 0 Å². The first-order valence-corrected chi connectivity index (χ1v) is 15.1. The Kier molecular flexibility index (Phi) is 7.69. The molecule has 4 rings (SSSR count). The highest BCUT2D eigenvalue weighted by atomic mass is 32.2. The summed E-state index contributed by atoms with van der Waals surface area (Å²) in [5.74, 6) is 0.534. The number of aliphatic hydroxyl groups excluding tert-OH is 3. The van der Waals surface area contributed by atoms with Gasteiger partial charge in [-0.15, -0.1) is 0 Å². The minimum Gasteiger partial charge on any atom is -0.393 e. The molecule has 35 heavy (non-hydrogen) atoms. The number of rotatable bonds is 7. The highest BCUT2D eigenvalue weighted by Crippen LogP contribution is 2.68. The molecule has 0 bridgehead atoms. The smallest absolute Gasteiger partial charge is 0.266 e. The van der Waals surface area contributed by atoms with Crippen LogP contribution in [0, 0.1) is 46.3 Å². The number of aliphatic hydroxyl groups is 3. The molecule has 1 amide bonds. The number of amides is 1. The van der Waals surface area contributed by atoms with Crippen LogP contribution >= 0.6 is 0 Å². The number of carbonyl (C=O) groups excluding carboxylic acids is 1. The Morgan fingerprint density at radius 1 is 1.03 bits per heavy atom. The van der Waals surface area contributed by atoms with Gasteiger partial charge in [-0.1, -0.05) is 20.8 Å². The summed E-state index contributed by atoms with van der Waals surface area (Å²) >= 11 is 0. The lowest BCUT2D eigenvalue weighted by Gasteiger charge is -2.62. The number of hydrogen-bond acceptors (Lipinski definition) is 6. The van der Waals surface area contributed by atoms with Gasteiger partial charge in [-0.2, -0.15) is 8.42 Å². The second-order valence-corrected chi connectivity index (χ2v) is 14.3. The fourth-order valence-electron chi connectivity index (χ4n) is 9.15. The summed E-state index contributed by atoms with van der Waals surface area (Å²) < 4.78 is 30.5. The van der Waals surface area contributed by atoms with Crippen LogP contribution in [-0.4, -0.2) is 64.8 Å². The predicted octanol–water partition coefficient (Wildman–Crippen LogP) is 2.37. The number of nitrogens with one attached hydrogen (secondary N) is 1. The van der Waals surface area contributed by atoms with Crippen molar-refractivity contribution in [2.24, 2.45) is 46.3 Å². The van der Waals surface area contributed by atoms with E-state index in [0.29, 0.717) is 31.1 Å². The number of fused-ring (bicyclic) bond motifs is 5. The molecule has 4 aliphatic carbocycles. The number of hydrogen-bond donors (Lipinski definition) is 5. The van der Waals surface area contributed by atoms with Crippen molar-refractivity contribution in [2.45, 2.75) is 96.9 Å². The van der Waals surface area contributed by atoms with E-state index in [9.17, 15) is 28.5 Å². The van der Waals surface area contributed by atoms with E-state index >= 15 is 0 Å². The van der Waals surface area contributed by atoms with Crippen LogP contribution in [0.3, 0.4) is 0 Å². The van der Waals surface area contributed by atoms with Gasteiger partial charge in [-0.05, 0) is 97.7 Å². The third-order valence-corrected chi connectivity index (χ3v) is 11.6. The van der Waals surface area contributed by atoms with Crippen molar-refractivity contribution in [2.75, 3.05) is 12.3 Å². The number of carbonyl (C=O) groups is 1. The standard InChI is InChI=1S/C26H45NO7S/c1-15(4-5-22(31)27-10-11-35(32,33)34)19-14-21(30)24-23-18(7-9-26(19,24)3)25(2)8-6-17(28)12-16(25)13-20(23)29/h15-21,23-24,28-30H,4-14H2,1-3H3,(H,27,31)(H,32,33,34). The van der Waals surface area contributed by atoms with E-state index in [4.69, 9.17) is 4.55 Å². The van der Waals surface area contributed by atoms with Gasteiger partial charge in [-0.3, -0.25) is 9.35 Å². The summed E-state index contributed by atoms with van der Waals surface area (Å²) in [6.07, 6.45) is 5.74. The summed E-state index contributed by atoms with van der Waals surface area (Å²) in [6.45, 7) is 6.67. The average Bonchev–Trinajstić information content (AvgIpc) is 3.03. The molecule has 0 spiro atoms. The maximum Gasteiger partial charge on any atom is 0.266 e. The van der Waals surface area contributed by atoms with Gasteiger partial charge in [0.2, 0.25) is 5.91 Å². The summed E-state index contributed by atoms with van der Waals surface area (Å²) in [6, 6.07) is 0.